The third-order valence-corrected chi connectivity index (χ3v) is 3.93. The average Bonchev–Trinajstić information content (AvgIpc) is 2.39. The molecule has 86 valence electrons. The van der Waals surface area contributed by atoms with Crippen molar-refractivity contribution in [3.8, 4) is 0 Å². The van der Waals surface area contributed by atoms with Gasteiger partial charge in [-0.3, -0.25) is 4.79 Å². The number of amides is 1. The van der Waals surface area contributed by atoms with Gasteiger partial charge in [0.2, 0.25) is 11.2 Å². The number of hydrogen-bond donors (Lipinski definition) is 1. The maximum absolute atomic E-state index is 12.0. The first kappa shape index (κ1) is 11.6. The van der Waals surface area contributed by atoms with Crippen LogP contribution in [0.25, 0.3) is 0 Å². The van der Waals surface area contributed by atoms with E-state index in [1.54, 1.807) is 38.1 Å². The molecule has 4 nitrogen and oxygen atoms in total. The molecular weight excluding hydrogens is 248 g/mol. The highest BCUT2D eigenvalue weighted by atomic mass is 35.5. The van der Waals surface area contributed by atoms with E-state index in [-0.39, 0.29) is 5.91 Å². The highest BCUT2D eigenvalue weighted by Gasteiger charge is 2.44. The van der Waals surface area contributed by atoms with Crippen LogP contribution in [-0.2, 0) is 16.0 Å². The number of rotatable bonds is 1. The molecule has 0 radical (unpaired) electrons. The van der Waals surface area contributed by atoms with Gasteiger partial charge < -0.3 is 0 Å². The summed E-state index contributed by atoms with van der Waals surface area (Å²) in [6, 6.07) is 6.65. The van der Waals surface area contributed by atoms with Gasteiger partial charge in [0, 0.05) is 5.02 Å². The lowest BCUT2D eigenvalue weighted by Gasteiger charge is -2.15. The van der Waals surface area contributed by atoms with Crippen LogP contribution in [-0.4, -0.2) is 15.7 Å². The molecule has 2 rings (SSSR count). The molecular formula is C10H11ClN2O2S. The Balaban J connectivity index is 2.39. The highest BCUT2D eigenvalue weighted by Crippen LogP contribution is 2.26. The number of benzene rings is 1. The lowest BCUT2D eigenvalue weighted by Crippen LogP contribution is -2.40. The molecule has 1 aromatic carbocycles. The van der Waals surface area contributed by atoms with E-state index < -0.39 is 16.7 Å². The molecule has 1 aliphatic heterocycles. The second kappa shape index (κ2) is 3.84. The van der Waals surface area contributed by atoms with Crippen LogP contribution in [0.3, 0.4) is 0 Å². The van der Waals surface area contributed by atoms with E-state index in [1.807, 2.05) is 0 Å². The maximum atomic E-state index is 12.0. The van der Waals surface area contributed by atoms with Crippen molar-refractivity contribution in [2.75, 3.05) is 4.31 Å². The summed E-state index contributed by atoms with van der Waals surface area (Å²) in [4.78, 5) is 12.0. The van der Waals surface area contributed by atoms with Crippen molar-refractivity contribution in [3.63, 3.8) is 0 Å². The topological polar surface area (TPSA) is 49.4 Å². The molecule has 1 heterocycles. The first-order valence-corrected chi connectivity index (χ1v) is 6.20. The Morgan fingerprint density at radius 1 is 1.31 bits per heavy atom. The Morgan fingerprint density at radius 3 is 2.31 bits per heavy atom. The van der Waals surface area contributed by atoms with Crippen LogP contribution in [0.1, 0.15) is 13.8 Å². The number of halogens is 1. The van der Waals surface area contributed by atoms with Gasteiger partial charge in [0.25, 0.3) is 5.91 Å². The molecule has 1 amide bonds. The Morgan fingerprint density at radius 2 is 1.88 bits per heavy atom. The molecule has 1 N–H and O–H groups in total. The van der Waals surface area contributed by atoms with Crippen LogP contribution >= 0.6 is 11.6 Å². The zero-order valence-corrected chi connectivity index (χ0v) is 10.4. The smallest absolute Gasteiger partial charge is 0.260 e. The molecule has 1 fully saturated rings. The quantitative estimate of drug-likeness (QED) is 0.832. The first-order valence-electron chi connectivity index (χ1n) is 4.72. The molecule has 0 aliphatic carbocycles. The highest BCUT2D eigenvalue weighted by molar-refractivity contribution is 7.86. The summed E-state index contributed by atoms with van der Waals surface area (Å²) >= 11 is 4.23. The van der Waals surface area contributed by atoms with Gasteiger partial charge in [0.15, 0.2) is 0 Å². The van der Waals surface area contributed by atoms with E-state index in [1.165, 1.54) is 4.31 Å². The number of nitrogens with zero attached hydrogens (tertiary/aromatic N) is 1. The van der Waals surface area contributed by atoms with Crippen molar-refractivity contribution >= 4 is 34.4 Å². The number of hydrogen-bond acceptors (Lipinski definition) is 2. The SMILES string of the molecule is CC1(C)NS(=O)N(c2ccc(Cl)cc2)C1=O. The second-order valence-electron chi connectivity index (χ2n) is 4.05. The molecule has 1 atom stereocenters. The molecule has 1 saturated heterocycles. The molecule has 16 heavy (non-hydrogen) atoms. The molecule has 0 spiro atoms. The molecule has 0 saturated carbocycles. The van der Waals surface area contributed by atoms with Gasteiger partial charge in [-0.25, -0.2) is 13.2 Å². The lowest BCUT2D eigenvalue weighted by molar-refractivity contribution is -0.120. The van der Waals surface area contributed by atoms with Crippen LogP contribution < -0.4 is 9.03 Å². The third-order valence-electron chi connectivity index (χ3n) is 2.29. The van der Waals surface area contributed by atoms with E-state index in [9.17, 15) is 9.00 Å². The van der Waals surface area contributed by atoms with Gasteiger partial charge in [-0.05, 0) is 38.1 Å². The Bertz CT molecular complexity index is 458. The number of carbonyl (C=O) groups is 1. The number of carbonyl (C=O) groups excluding carboxylic acids is 1. The van der Waals surface area contributed by atoms with Crippen molar-refractivity contribution in [2.45, 2.75) is 19.4 Å². The van der Waals surface area contributed by atoms with Crippen LogP contribution in [0.2, 0.25) is 5.02 Å². The number of nitrogens with one attached hydrogen (secondary N) is 1. The summed E-state index contributed by atoms with van der Waals surface area (Å²) in [5.74, 6) is -0.215. The Kier molecular flexibility index (Phi) is 2.77. The van der Waals surface area contributed by atoms with Gasteiger partial charge in [0.05, 0.1) is 5.69 Å². The zero-order chi connectivity index (χ0) is 11.9. The van der Waals surface area contributed by atoms with Crippen LogP contribution in [0.15, 0.2) is 24.3 Å². The van der Waals surface area contributed by atoms with Gasteiger partial charge in [-0.1, -0.05) is 11.6 Å². The summed E-state index contributed by atoms with van der Waals surface area (Å²) in [7, 11) is 0. The molecule has 1 unspecified atom stereocenters. The zero-order valence-electron chi connectivity index (χ0n) is 8.86. The fourth-order valence-electron chi connectivity index (χ4n) is 1.43. The van der Waals surface area contributed by atoms with Crippen molar-refractivity contribution in [1.82, 2.24) is 4.72 Å². The average molecular weight is 259 g/mol. The molecule has 0 aromatic heterocycles. The molecule has 1 aromatic rings. The standard InChI is InChI=1S/C10H11ClN2O2S/c1-10(2)9(14)13(16(15)12-10)8-5-3-7(11)4-6-8/h3-6,12H,1-2H3. The normalized spacial score (nSPS) is 23.8. The fourth-order valence-corrected chi connectivity index (χ4v) is 2.86. The van der Waals surface area contributed by atoms with Crippen molar-refractivity contribution in [1.29, 1.82) is 0 Å². The monoisotopic (exact) mass is 258 g/mol. The first-order chi connectivity index (χ1) is 7.42. The second-order valence-corrected chi connectivity index (χ2v) is 5.56. The fraction of sp³-hybridized carbons (Fsp3) is 0.300. The summed E-state index contributed by atoms with van der Waals surface area (Å²) in [6.45, 7) is 3.40. The Labute approximate surface area is 101 Å². The van der Waals surface area contributed by atoms with E-state index in [2.05, 4.69) is 4.72 Å². The minimum Gasteiger partial charge on any atom is -0.271 e. The molecule has 1 aliphatic rings. The third kappa shape index (κ3) is 1.86. The number of anilines is 1. The van der Waals surface area contributed by atoms with Crippen LogP contribution in [0, 0.1) is 0 Å². The summed E-state index contributed by atoms with van der Waals surface area (Å²) < 4.78 is 15.7. The predicted molar refractivity (Wildman–Crippen MR) is 64.3 cm³/mol. The minimum absolute atomic E-state index is 0.215. The van der Waals surface area contributed by atoms with Crippen molar-refractivity contribution in [3.05, 3.63) is 29.3 Å². The van der Waals surface area contributed by atoms with E-state index in [0.29, 0.717) is 10.7 Å². The van der Waals surface area contributed by atoms with E-state index >= 15 is 0 Å². The Hall–Kier alpha value is -0.910. The van der Waals surface area contributed by atoms with Gasteiger partial charge in [-0.15, -0.1) is 0 Å². The van der Waals surface area contributed by atoms with Crippen molar-refractivity contribution < 1.29 is 9.00 Å². The summed E-state index contributed by atoms with van der Waals surface area (Å²) in [5, 5.41) is 0.577. The lowest BCUT2D eigenvalue weighted by atomic mass is 10.1. The van der Waals surface area contributed by atoms with Crippen LogP contribution in [0.4, 0.5) is 5.69 Å². The predicted octanol–water partition coefficient (Wildman–Crippen LogP) is 1.63. The largest absolute Gasteiger partial charge is 0.271 e. The maximum Gasteiger partial charge on any atom is 0.260 e. The molecule has 0 bridgehead atoms. The molecule has 6 heteroatoms. The summed E-state index contributed by atoms with van der Waals surface area (Å²) in [5.41, 5.74) is -0.226. The van der Waals surface area contributed by atoms with Gasteiger partial charge >= 0.3 is 0 Å². The summed E-state index contributed by atoms with van der Waals surface area (Å²) in [6.07, 6.45) is 0. The minimum atomic E-state index is -1.53. The van der Waals surface area contributed by atoms with Crippen LogP contribution in [0.5, 0.6) is 0 Å². The van der Waals surface area contributed by atoms with Gasteiger partial charge in [0.1, 0.15) is 5.54 Å². The van der Waals surface area contributed by atoms with Gasteiger partial charge in [-0.2, -0.15) is 0 Å². The van der Waals surface area contributed by atoms with E-state index in [0.717, 1.165) is 0 Å². The van der Waals surface area contributed by atoms with Crippen molar-refractivity contribution in [2.24, 2.45) is 0 Å². The van der Waals surface area contributed by atoms with E-state index in [4.69, 9.17) is 11.6 Å².